The number of ether oxygens (including phenoxy) is 1. The molecule has 1 amide bonds. The van der Waals surface area contributed by atoms with Gasteiger partial charge < -0.3 is 14.5 Å². The molecule has 1 aliphatic heterocycles. The van der Waals surface area contributed by atoms with E-state index < -0.39 is 0 Å². The molecule has 0 N–H and O–H groups in total. The van der Waals surface area contributed by atoms with Crippen molar-refractivity contribution < 1.29 is 9.53 Å². The van der Waals surface area contributed by atoms with Crippen molar-refractivity contribution in [2.24, 2.45) is 0 Å². The van der Waals surface area contributed by atoms with Crippen molar-refractivity contribution in [1.29, 1.82) is 0 Å². The summed E-state index contributed by atoms with van der Waals surface area (Å²) in [7, 11) is 1.69. The number of amides is 1. The van der Waals surface area contributed by atoms with E-state index in [1.807, 2.05) is 34.7 Å². The Morgan fingerprint density at radius 1 is 1.06 bits per heavy atom. The molecular weight excluding hydrogens is 420 g/mol. The van der Waals surface area contributed by atoms with Crippen LogP contribution in [0.25, 0.3) is 16.2 Å². The number of hydrogen-bond acceptors (Lipinski definition) is 5. The van der Waals surface area contributed by atoms with Gasteiger partial charge in [-0.3, -0.25) is 9.20 Å². The van der Waals surface area contributed by atoms with Crippen LogP contribution in [0.1, 0.15) is 11.3 Å². The molecule has 0 spiro atoms. The zero-order chi connectivity index (χ0) is 22.1. The fourth-order valence-corrected chi connectivity index (χ4v) is 5.05. The molecule has 0 atom stereocenters. The molecule has 32 heavy (non-hydrogen) atoms. The minimum Gasteiger partial charge on any atom is -0.495 e. The van der Waals surface area contributed by atoms with Crippen molar-refractivity contribution in [3.63, 3.8) is 0 Å². The van der Waals surface area contributed by atoms with Gasteiger partial charge in [0.25, 0.3) is 0 Å². The molecule has 0 unspecified atom stereocenters. The van der Waals surface area contributed by atoms with Crippen LogP contribution in [0.15, 0.2) is 60.1 Å². The van der Waals surface area contributed by atoms with E-state index in [1.165, 1.54) is 5.56 Å². The van der Waals surface area contributed by atoms with E-state index in [0.29, 0.717) is 19.5 Å². The lowest BCUT2D eigenvalue weighted by molar-refractivity contribution is -0.130. The lowest BCUT2D eigenvalue weighted by Gasteiger charge is -2.36. The highest BCUT2D eigenvalue weighted by molar-refractivity contribution is 7.15. The fourth-order valence-electron chi connectivity index (χ4n) is 4.17. The molecule has 1 saturated heterocycles. The quantitative estimate of drug-likeness (QED) is 0.459. The predicted molar refractivity (Wildman–Crippen MR) is 129 cm³/mol. The highest BCUT2D eigenvalue weighted by Gasteiger charge is 2.24. The smallest absolute Gasteiger partial charge is 0.228 e. The third-order valence-electron chi connectivity index (χ3n) is 6.02. The molecule has 7 heteroatoms. The number of methoxy groups -OCH3 is 1. The van der Waals surface area contributed by atoms with Crippen LogP contribution in [0.3, 0.4) is 0 Å². The lowest BCUT2D eigenvalue weighted by atomic mass is 10.1. The van der Waals surface area contributed by atoms with E-state index >= 15 is 0 Å². The normalized spacial score (nSPS) is 14.2. The summed E-state index contributed by atoms with van der Waals surface area (Å²) in [6.07, 6.45) is 2.43. The summed E-state index contributed by atoms with van der Waals surface area (Å²) in [5.41, 5.74) is 5.34. The summed E-state index contributed by atoms with van der Waals surface area (Å²) in [5, 5.41) is 2.05. The number of piperazine rings is 1. The molecule has 0 bridgehead atoms. The van der Waals surface area contributed by atoms with E-state index in [0.717, 1.165) is 46.4 Å². The van der Waals surface area contributed by atoms with Gasteiger partial charge in [0.2, 0.25) is 5.91 Å². The largest absolute Gasteiger partial charge is 0.495 e. The molecule has 5 rings (SSSR count). The summed E-state index contributed by atoms with van der Waals surface area (Å²) in [6.45, 7) is 5.10. The second-order valence-corrected chi connectivity index (χ2v) is 8.92. The van der Waals surface area contributed by atoms with Crippen LogP contribution in [-0.2, 0) is 11.2 Å². The van der Waals surface area contributed by atoms with Crippen molar-refractivity contribution in [2.75, 3.05) is 38.2 Å². The van der Waals surface area contributed by atoms with Gasteiger partial charge in [-0.2, -0.15) is 0 Å². The Labute approximate surface area is 191 Å². The molecule has 1 fully saturated rings. The number of carbonyl (C=O) groups is 1. The summed E-state index contributed by atoms with van der Waals surface area (Å²) in [4.78, 5) is 23.0. The Kier molecular flexibility index (Phi) is 5.57. The van der Waals surface area contributed by atoms with E-state index in [4.69, 9.17) is 9.72 Å². The first-order valence-corrected chi connectivity index (χ1v) is 11.7. The SMILES string of the molecule is COc1ccccc1N1CCN(C(=O)Cc2csc3nc(-c4ccc(C)cc4)cn23)CC1. The number of imidazole rings is 1. The topological polar surface area (TPSA) is 50.1 Å². The Morgan fingerprint density at radius 3 is 2.56 bits per heavy atom. The lowest BCUT2D eigenvalue weighted by Crippen LogP contribution is -2.49. The van der Waals surface area contributed by atoms with Crippen LogP contribution < -0.4 is 9.64 Å². The molecule has 2 aromatic carbocycles. The summed E-state index contributed by atoms with van der Waals surface area (Å²) < 4.78 is 7.55. The van der Waals surface area contributed by atoms with Crippen molar-refractivity contribution in [3.8, 4) is 17.0 Å². The zero-order valence-corrected chi connectivity index (χ0v) is 19.1. The summed E-state index contributed by atoms with van der Waals surface area (Å²) in [5.74, 6) is 1.03. The average molecular weight is 447 g/mol. The number of nitrogens with zero attached hydrogens (tertiary/aromatic N) is 4. The first-order chi connectivity index (χ1) is 15.6. The van der Waals surface area contributed by atoms with Gasteiger partial charge in [0, 0.05) is 49.0 Å². The summed E-state index contributed by atoms with van der Waals surface area (Å²) >= 11 is 1.58. The Morgan fingerprint density at radius 2 is 1.81 bits per heavy atom. The standard InChI is InChI=1S/C25H26N4O2S/c1-18-7-9-19(10-8-18)21-16-29-20(17-32-25(29)26-21)15-24(30)28-13-11-27(12-14-28)22-5-3-4-6-23(22)31-2/h3-10,16-17H,11-15H2,1-2H3. The number of hydrogen-bond donors (Lipinski definition) is 0. The maximum absolute atomic E-state index is 13.0. The molecule has 164 valence electrons. The molecule has 0 saturated carbocycles. The minimum atomic E-state index is 0.162. The van der Waals surface area contributed by atoms with Gasteiger partial charge >= 0.3 is 0 Å². The summed E-state index contributed by atoms with van der Waals surface area (Å²) in [6, 6.07) is 16.4. The monoisotopic (exact) mass is 446 g/mol. The van der Waals surface area contributed by atoms with Gasteiger partial charge in [0.15, 0.2) is 4.96 Å². The number of thiazole rings is 1. The van der Waals surface area contributed by atoms with Gasteiger partial charge in [-0.15, -0.1) is 11.3 Å². The zero-order valence-electron chi connectivity index (χ0n) is 18.3. The van der Waals surface area contributed by atoms with Crippen molar-refractivity contribution in [2.45, 2.75) is 13.3 Å². The number of fused-ring (bicyclic) bond motifs is 1. The molecule has 0 radical (unpaired) electrons. The maximum Gasteiger partial charge on any atom is 0.228 e. The maximum atomic E-state index is 13.0. The number of benzene rings is 2. The van der Waals surface area contributed by atoms with E-state index in [9.17, 15) is 4.79 Å². The van der Waals surface area contributed by atoms with E-state index in [2.05, 4.69) is 46.6 Å². The number of anilines is 1. The predicted octanol–water partition coefficient (Wildman–Crippen LogP) is 4.27. The highest BCUT2D eigenvalue weighted by atomic mass is 32.1. The fraction of sp³-hybridized carbons (Fsp3) is 0.280. The van der Waals surface area contributed by atoms with Gasteiger partial charge in [0.1, 0.15) is 5.75 Å². The van der Waals surface area contributed by atoms with Gasteiger partial charge in [-0.25, -0.2) is 4.98 Å². The van der Waals surface area contributed by atoms with Crippen LogP contribution in [-0.4, -0.2) is 53.5 Å². The van der Waals surface area contributed by atoms with E-state index in [-0.39, 0.29) is 5.91 Å². The van der Waals surface area contributed by atoms with Crippen LogP contribution in [0.5, 0.6) is 5.75 Å². The number of aromatic nitrogens is 2. The molecule has 0 aliphatic carbocycles. The van der Waals surface area contributed by atoms with Crippen LogP contribution in [0.4, 0.5) is 5.69 Å². The van der Waals surface area contributed by atoms with Gasteiger partial charge in [-0.05, 0) is 19.1 Å². The van der Waals surface area contributed by atoms with Crippen LogP contribution in [0.2, 0.25) is 0 Å². The van der Waals surface area contributed by atoms with Crippen molar-refractivity contribution in [3.05, 3.63) is 71.4 Å². The average Bonchev–Trinajstić information content (AvgIpc) is 3.41. The van der Waals surface area contributed by atoms with E-state index in [1.54, 1.807) is 18.4 Å². The molecule has 2 aromatic heterocycles. The first-order valence-electron chi connectivity index (χ1n) is 10.8. The van der Waals surface area contributed by atoms with Gasteiger partial charge in [0.05, 0.1) is 24.9 Å². The minimum absolute atomic E-state index is 0.162. The Balaban J connectivity index is 1.26. The second-order valence-electron chi connectivity index (χ2n) is 8.09. The third-order valence-corrected chi connectivity index (χ3v) is 6.91. The number of para-hydroxylation sites is 2. The second kappa shape index (κ2) is 8.67. The molecule has 4 aromatic rings. The highest BCUT2D eigenvalue weighted by Crippen LogP contribution is 2.29. The van der Waals surface area contributed by atoms with Crippen molar-refractivity contribution >= 4 is 27.9 Å². The Bertz CT molecular complexity index is 1240. The number of carbonyl (C=O) groups excluding carboxylic acids is 1. The van der Waals surface area contributed by atoms with Gasteiger partial charge in [-0.1, -0.05) is 42.0 Å². The Hall–Kier alpha value is -3.32. The number of aryl methyl sites for hydroxylation is 1. The molecule has 6 nitrogen and oxygen atoms in total. The number of rotatable bonds is 5. The molecule has 3 heterocycles. The van der Waals surface area contributed by atoms with Crippen molar-refractivity contribution in [1.82, 2.24) is 14.3 Å². The van der Waals surface area contributed by atoms with Crippen LogP contribution in [0, 0.1) is 6.92 Å². The first kappa shape index (κ1) is 20.6. The van der Waals surface area contributed by atoms with Crippen LogP contribution >= 0.6 is 11.3 Å². The molecule has 1 aliphatic rings. The molecular formula is C25H26N4O2S. The third kappa shape index (κ3) is 3.96.